The Hall–Kier alpha value is -0.800. The standard InChI is InChI=1S/C11H21N3/c1-2-10(7-12)8-13-5-3-11-4-6-14-9-11/h4,6,9-10,13-14H,2-3,5,7-8,12H2,1H3. The van der Waals surface area contributed by atoms with Crippen molar-refractivity contribution < 1.29 is 0 Å². The Labute approximate surface area is 86.1 Å². The molecule has 0 aliphatic heterocycles. The Morgan fingerprint density at radius 2 is 2.43 bits per heavy atom. The van der Waals surface area contributed by atoms with Crippen LogP contribution in [0.25, 0.3) is 0 Å². The van der Waals surface area contributed by atoms with E-state index >= 15 is 0 Å². The lowest BCUT2D eigenvalue weighted by atomic mass is 10.1. The molecule has 0 saturated carbocycles. The minimum Gasteiger partial charge on any atom is -0.367 e. The summed E-state index contributed by atoms with van der Waals surface area (Å²) in [5, 5.41) is 3.43. The van der Waals surface area contributed by atoms with E-state index in [1.165, 1.54) is 5.56 Å². The molecule has 0 aromatic carbocycles. The van der Waals surface area contributed by atoms with E-state index in [-0.39, 0.29) is 0 Å². The van der Waals surface area contributed by atoms with Gasteiger partial charge in [0.2, 0.25) is 0 Å². The molecule has 1 atom stereocenters. The molecule has 0 bridgehead atoms. The maximum absolute atomic E-state index is 5.62. The number of aromatic amines is 1. The summed E-state index contributed by atoms with van der Waals surface area (Å²) in [6.45, 7) is 5.05. The molecular weight excluding hydrogens is 174 g/mol. The van der Waals surface area contributed by atoms with Crippen LogP contribution < -0.4 is 11.1 Å². The minimum atomic E-state index is 0.626. The Balaban J connectivity index is 2.04. The number of H-pyrrole nitrogens is 1. The molecule has 1 unspecified atom stereocenters. The molecule has 0 aliphatic rings. The van der Waals surface area contributed by atoms with Gasteiger partial charge in [-0.25, -0.2) is 0 Å². The van der Waals surface area contributed by atoms with Crippen molar-refractivity contribution in [3.05, 3.63) is 24.0 Å². The molecule has 4 N–H and O–H groups in total. The van der Waals surface area contributed by atoms with Gasteiger partial charge in [-0.2, -0.15) is 0 Å². The highest BCUT2D eigenvalue weighted by atomic mass is 14.9. The summed E-state index contributed by atoms with van der Waals surface area (Å²) >= 11 is 0. The largest absolute Gasteiger partial charge is 0.367 e. The second-order valence-corrected chi connectivity index (χ2v) is 3.68. The van der Waals surface area contributed by atoms with Gasteiger partial charge in [-0.15, -0.1) is 0 Å². The van der Waals surface area contributed by atoms with Crippen LogP contribution in [0.15, 0.2) is 18.5 Å². The number of nitrogens with two attached hydrogens (primary N) is 1. The molecule has 14 heavy (non-hydrogen) atoms. The quantitative estimate of drug-likeness (QED) is 0.571. The van der Waals surface area contributed by atoms with Crippen molar-refractivity contribution in [1.82, 2.24) is 10.3 Å². The highest BCUT2D eigenvalue weighted by Crippen LogP contribution is 1.98. The van der Waals surface area contributed by atoms with E-state index < -0.39 is 0 Å². The van der Waals surface area contributed by atoms with Gasteiger partial charge in [0.15, 0.2) is 0 Å². The van der Waals surface area contributed by atoms with Gasteiger partial charge in [0.25, 0.3) is 0 Å². The zero-order valence-corrected chi connectivity index (χ0v) is 8.92. The maximum Gasteiger partial charge on any atom is 0.00378 e. The topological polar surface area (TPSA) is 53.8 Å². The van der Waals surface area contributed by atoms with Crippen molar-refractivity contribution in [2.45, 2.75) is 19.8 Å². The maximum atomic E-state index is 5.62. The van der Waals surface area contributed by atoms with Crippen molar-refractivity contribution in [2.24, 2.45) is 11.7 Å². The molecule has 0 fully saturated rings. The Morgan fingerprint density at radius 1 is 1.57 bits per heavy atom. The summed E-state index contributed by atoms with van der Waals surface area (Å²) in [6.07, 6.45) is 6.25. The number of rotatable bonds is 7. The van der Waals surface area contributed by atoms with Crippen LogP contribution in [0.3, 0.4) is 0 Å². The van der Waals surface area contributed by atoms with E-state index in [9.17, 15) is 0 Å². The van der Waals surface area contributed by atoms with Gasteiger partial charge in [-0.05, 0) is 43.6 Å². The zero-order chi connectivity index (χ0) is 10.2. The number of aromatic nitrogens is 1. The molecule has 1 aromatic rings. The van der Waals surface area contributed by atoms with E-state index in [2.05, 4.69) is 23.3 Å². The lowest BCUT2D eigenvalue weighted by molar-refractivity contribution is 0.474. The molecule has 3 nitrogen and oxygen atoms in total. The fraction of sp³-hybridized carbons (Fsp3) is 0.636. The SMILES string of the molecule is CCC(CN)CNCCc1cc[nH]c1. The molecule has 1 aromatic heterocycles. The highest BCUT2D eigenvalue weighted by molar-refractivity contribution is 5.08. The lowest BCUT2D eigenvalue weighted by Crippen LogP contribution is -2.29. The summed E-state index contributed by atoms with van der Waals surface area (Å²) < 4.78 is 0. The summed E-state index contributed by atoms with van der Waals surface area (Å²) in [6, 6.07) is 2.11. The van der Waals surface area contributed by atoms with E-state index in [1.807, 2.05) is 12.4 Å². The first-order valence-corrected chi connectivity index (χ1v) is 5.39. The zero-order valence-electron chi connectivity index (χ0n) is 8.92. The Morgan fingerprint density at radius 3 is 3.00 bits per heavy atom. The van der Waals surface area contributed by atoms with Crippen LogP contribution in [-0.2, 0) is 6.42 Å². The normalized spacial score (nSPS) is 13.0. The first kappa shape index (κ1) is 11.3. The smallest absolute Gasteiger partial charge is 0.00378 e. The van der Waals surface area contributed by atoms with Crippen LogP contribution in [0.4, 0.5) is 0 Å². The van der Waals surface area contributed by atoms with Gasteiger partial charge in [0, 0.05) is 12.4 Å². The van der Waals surface area contributed by atoms with Gasteiger partial charge in [0.05, 0.1) is 0 Å². The number of hydrogen-bond donors (Lipinski definition) is 3. The van der Waals surface area contributed by atoms with Crippen LogP contribution in [-0.4, -0.2) is 24.6 Å². The predicted molar refractivity (Wildman–Crippen MR) is 60.2 cm³/mol. The van der Waals surface area contributed by atoms with Crippen molar-refractivity contribution in [3.8, 4) is 0 Å². The molecule has 0 amide bonds. The van der Waals surface area contributed by atoms with Gasteiger partial charge in [-0.1, -0.05) is 13.3 Å². The van der Waals surface area contributed by atoms with E-state index in [4.69, 9.17) is 5.73 Å². The van der Waals surface area contributed by atoms with Gasteiger partial charge < -0.3 is 16.0 Å². The fourth-order valence-corrected chi connectivity index (χ4v) is 1.45. The first-order chi connectivity index (χ1) is 6.86. The third-order valence-corrected chi connectivity index (χ3v) is 2.60. The van der Waals surface area contributed by atoms with E-state index in [0.717, 1.165) is 32.5 Å². The van der Waals surface area contributed by atoms with Crippen LogP contribution in [0.2, 0.25) is 0 Å². The molecule has 3 heteroatoms. The number of nitrogens with one attached hydrogen (secondary N) is 2. The molecule has 0 aliphatic carbocycles. The average molecular weight is 195 g/mol. The lowest BCUT2D eigenvalue weighted by Gasteiger charge is -2.12. The first-order valence-electron chi connectivity index (χ1n) is 5.39. The van der Waals surface area contributed by atoms with Gasteiger partial charge in [0.1, 0.15) is 0 Å². The monoisotopic (exact) mass is 195 g/mol. The average Bonchev–Trinajstić information content (AvgIpc) is 2.71. The molecular formula is C11H21N3. The van der Waals surface area contributed by atoms with Crippen LogP contribution in [0.5, 0.6) is 0 Å². The second kappa shape index (κ2) is 6.62. The van der Waals surface area contributed by atoms with Crippen molar-refractivity contribution >= 4 is 0 Å². The summed E-state index contributed by atoms with van der Waals surface area (Å²) in [7, 11) is 0. The molecule has 80 valence electrons. The third kappa shape index (κ3) is 3.94. The fourth-order valence-electron chi connectivity index (χ4n) is 1.45. The van der Waals surface area contributed by atoms with E-state index in [1.54, 1.807) is 0 Å². The van der Waals surface area contributed by atoms with Gasteiger partial charge >= 0.3 is 0 Å². The highest BCUT2D eigenvalue weighted by Gasteiger charge is 2.01. The Kier molecular flexibility index (Phi) is 5.33. The molecule has 0 saturated heterocycles. The molecule has 1 rings (SSSR count). The molecule has 1 heterocycles. The van der Waals surface area contributed by atoms with Crippen LogP contribution >= 0.6 is 0 Å². The van der Waals surface area contributed by atoms with Crippen molar-refractivity contribution in [3.63, 3.8) is 0 Å². The Bertz CT molecular complexity index is 214. The van der Waals surface area contributed by atoms with Crippen molar-refractivity contribution in [2.75, 3.05) is 19.6 Å². The summed E-state index contributed by atoms with van der Waals surface area (Å²) in [5.41, 5.74) is 6.97. The summed E-state index contributed by atoms with van der Waals surface area (Å²) in [5.74, 6) is 0.626. The second-order valence-electron chi connectivity index (χ2n) is 3.68. The minimum absolute atomic E-state index is 0.626. The number of hydrogen-bond acceptors (Lipinski definition) is 2. The van der Waals surface area contributed by atoms with Crippen LogP contribution in [0.1, 0.15) is 18.9 Å². The van der Waals surface area contributed by atoms with E-state index in [0.29, 0.717) is 5.92 Å². The van der Waals surface area contributed by atoms with Crippen LogP contribution in [0, 0.1) is 5.92 Å². The third-order valence-electron chi connectivity index (χ3n) is 2.60. The van der Waals surface area contributed by atoms with Gasteiger partial charge in [-0.3, -0.25) is 0 Å². The summed E-state index contributed by atoms with van der Waals surface area (Å²) in [4.78, 5) is 3.05. The molecule has 0 spiro atoms. The molecule has 0 radical (unpaired) electrons. The predicted octanol–water partition coefficient (Wildman–Crippen LogP) is 1.13. The van der Waals surface area contributed by atoms with Crippen molar-refractivity contribution in [1.29, 1.82) is 0 Å².